The van der Waals surface area contributed by atoms with Crippen molar-refractivity contribution >= 4 is 49.6 Å². The molecule has 0 spiro atoms. The molecule has 36 heavy (non-hydrogen) atoms. The first-order chi connectivity index (χ1) is 17.7. The number of fused-ring (bicyclic) bond motifs is 4. The second-order valence-corrected chi connectivity index (χ2v) is 10.3. The lowest BCUT2D eigenvalue weighted by molar-refractivity contribution is -0.109. The Labute approximate surface area is 211 Å². The summed E-state index contributed by atoms with van der Waals surface area (Å²) in [5.74, 6) is 0. The second-order valence-electron chi connectivity index (χ2n) is 10.3. The lowest BCUT2D eigenvalue weighted by atomic mass is 9.88. The first-order valence-corrected chi connectivity index (χ1v) is 12.6. The Morgan fingerprint density at radius 3 is 2.17 bits per heavy atom. The summed E-state index contributed by atoms with van der Waals surface area (Å²) in [7, 11) is 0. The summed E-state index contributed by atoms with van der Waals surface area (Å²) in [6, 6.07) is 41.6. The maximum atomic E-state index is 5.57. The van der Waals surface area contributed by atoms with Crippen molar-refractivity contribution in [2.45, 2.75) is 13.5 Å². The number of anilines is 3. The Bertz CT molecular complexity index is 1710. The van der Waals surface area contributed by atoms with Crippen molar-refractivity contribution in [1.29, 1.82) is 0 Å². The first kappa shape index (κ1) is 21.2. The predicted molar refractivity (Wildman–Crippen MR) is 151 cm³/mol. The summed E-state index contributed by atoms with van der Waals surface area (Å²) >= 11 is 0. The van der Waals surface area contributed by atoms with E-state index in [-0.39, 0.29) is 5.41 Å². The van der Waals surface area contributed by atoms with Crippen LogP contribution in [0.5, 0.6) is 0 Å². The van der Waals surface area contributed by atoms with Gasteiger partial charge >= 0.3 is 0 Å². The summed E-state index contributed by atoms with van der Waals surface area (Å²) in [6.07, 6.45) is 0. The third kappa shape index (κ3) is 3.39. The fourth-order valence-corrected chi connectivity index (χ4v) is 5.68. The van der Waals surface area contributed by atoms with Crippen LogP contribution in [0.2, 0.25) is 0 Å². The molecule has 176 valence electrons. The standard InChI is InChI=1S/C33H28N2O/c1-33(22-36-23-33)21-34-30-16-8-7-15-28(30)29-20-26(18-19-31(29)34)35(25-12-3-2-4-13-25)32-17-9-11-24-10-5-6-14-27(24)32/h2-20H,21-23H2,1H3. The average Bonchev–Trinajstić information content (AvgIpc) is 3.21. The van der Waals surface area contributed by atoms with Crippen molar-refractivity contribution in [3.05, 3.63) is 115 Å². The van der Waals surface area contributed by atoms with Crippen LogP contribution >= 0.6 is 0 Å². The monoisotopic (exact) mass is 468 g/mol. The molecule has 1 aliphatic rings. The van der Waals surface area contributed by atoms with Crippen LogP contribution in [-0.4, -0.2) is 17.8 Å². The molecule has 2 heterocycles. The van der Waals surface area contributed by atoms with Crippen molar-refractivity contribution in [2.75, 3.05) is 18.1 Å². The fraction of sp³-hybridized carbons (Fsp3) is 0.152. The molecule has 0 atom stereocenters. The zero-order valence-corrected chi connectivity index (χ0v) is 20.4. The molecule has 0 N–H and O–H groups in total. The van der Waals surface area contributed by atoms with Gasteiger partial charge in [0.05, 0.1) is 18.9 Å². The molecule has 0 aliphatic carbocycles. The normalized spacial score (nSPS) is 14.8. The summed E-state index contributed by atoms with van der Waals surface area (Å²) in [6.45, 7) is 4.93. The van der Waals surface area contributed by atoms with Crippen LogP contribution in [0, 0.1) is 5.41 Å². The molecule has 3 heteroatoms. The third-order valence-electron chi connectivity index (χ3n) is 7.48. The highest BCUT2D eigenvalue weighted by atomic mass is 16.5. The zero-order valence-electron chi connectivity index (χ0n) is 20.4. The Hall–Kier alpha value is -4.08. The largest absolute Gasteiger partial charge is 0.380 e. The molecule has 0 unspecified atom stereocenters. The first-order valence-electron chi connectivity index (χ1n) is 12.6. The highest BCUT2D eigenvalue weighted by molar-refractivity contribution is 6.10. The van der Waals surface area contributed by atoms with E-state index in [1.54, 1.807) is 0 Å². The lowest BCUT2D eigenvalue weighted by Gasteiger charge is -2.38. The summed E-state index contributed by atoms with van der Waals surface area (Å²) < 4.78 is 8.06. The molecule has 6 aromatic rings. The minimum atomic E-state index is 0.187. The maximum Gasteiger partial charge on any atom is 0.0559 e. The molecule has 0 saturated carbocycles. The van der Waals surface area contributed by atoms with Gasteiger partial charge in [0.15, 0.2) is 0 Å². The number of nitrogens with zero attached hydrogens (tertiary/aromatic N) is 2. The Kier molecular flexibility index (Phi) is 4.86. The van der Waals surface area contributed by atoms with Crippen molar-refractivity contribution in [2.24, 2.45) is 5.41 Å². The van der Waals surface area contributed by atoms with Gasteiger partial charge in [0.2, 0.25) is 0 Å². The van der Waals surface area contributed by atoms with Gasteiger partial charge in [-0.2, -0.15) is 0 Å². The van der Waals surface area contributed by atoms with Crippen LogP contribution < -0.4 is 4.90 Å². The van der Waals surface area contributed by atoms with E-state index in [0.29, 0.717) is 0 Å². The van der Waals surface area contributed by atoms with Gasteiger partial charge in [0.25, 0.3) is 0 Å². The van der Waals surface area contributed by atoms with E-state index in [1.165, 1.54) is 38.3 Å². The van der Waals surface area contributed by atoms with E-state index in [1.807, 2.05) is 0 Å². The molecular formula is C33H28N2O. The van der Waals surface area contributed by atoms with Crippen LogP contribution in [0.1, 0.15) is 6.92 Å². The topological polar surface area (TPSA) is 17.4 Å². The van der Waals surface area contributed by atoms with Gasteiger partial charge in [-0.3, -0.25) is 0 Å². The number of ether oxygens (including phenoxy) is 1. The van der Waals surface area contributed by atoms with E-state index in [2.05, 4.69) is 132 Å². The number of hydrogen-bond acceptors (Lipinski definition) is 2. The van der Waals surface area contributed by atoms with Crippen LogP contribution in [-0.2, 0) is 11.3 Å². The van der Waals surface area contributed by atoms with Gasteiger partial charge in [0, 0.05) is 50.5 Å². The molecule has 3 nitrogen and oxygen atoms in total. The van der Waals surface area contributed by atoms with Crippen molar-refractivity contribution < 1.29 is 4.74 Å². The van der Waals surface area contributed by atoms with E-state index in [4.69, 9.17) is 4.74 Å². The summed E-state index contributed by atoms with van der Waals surface area (Å²) in [5.41, 5.74) is 6.24. The van der Waals surface area contributed by atoms with Gasteiger partial charge in [0.1, 0.15) is 0 Å². The Morgan fingerprint density at radius 1 is 0.667 bits per heavy atom. The van der Waals surface area contributed by atoms with Gasteiger partial charge < -0.3 is 14.2 Å². The van der Waals surface area contributed by atoms with Gasteiger partial charge in [-0.15, -0.1) is 0 Å². The van der Waals surface area contributed by atoms with Gasteiger partial charge in [-0.25, -0.2) is 0 Å². The minimum Gasteiger partial charge on any atom is -0.380 e. The van der Waals surface area contributed by atoms with E-state index in [9.17, 15) is 0 Å². The van der Waals surface area contributed by atoms with E-state index in [0.717, 1.165) is 31.1 Å². The van der Waals surface area contributed by atoms with Crippen LogP contribution in [0.15, 0.2) is 115 Å². The van der Waals surface area contributed by atoms with E-state index < -0.39 is 0 Å². The van der Waals surface area contributed by atoms with E-state index >= 15 is 0 Å². The van der Waals surface area contributed by atoms with Crippen molar-refractivity contribution in [3.63, 3.8) is 0 Å². The number of rotatable bonds is 5. The van der Waals surface area contributed by atoms with Gasteiger partial charge in [-0.1, -0.05) is 79.7 Å². The molecule has 0 amide bonds. The minimum absolute atomic E-state index is 0.187. The molecule has 1 aliphatic heterocycles. The quantitative estimate of drug-likeness (QED) is 0.252. The zero-order chi connectivity index (χ0) is 24.1. The lowest BCUT2D eigenvalue weighted by Crippen LogP contribution is -2.43. The SMILES string of the molecule is CC1(Cn2c3ccccc3c3cc(N(c4ccccc4)c4cccc5ccccc45)ccc32)COC1. The average molecular weight is 469 g/mol. The number of aromatic nitrogens is 1. The summed E-state index contributed by atoms with van der Waals surface area (Å²) in [4.78, 5) is 2.38. The molecule has 1 aromatic heterocycles. The van der Waals surface area contributed by atoms with Crippen molar-refractivity contribution in [3.8, 4) is 0 Å². The predicted octanol–water partition coefficient (Wildman–Crippen LogP) is 8.45. The molecule has 7 rings (SSSR count). The Morgan fingerprint density at radius 2 is 1.36 bits per heavy atom. The molecule has 5 aromatic carbocycles. The van der Waals surface area contributed by atoms with Crippen LogP contribution in [0.3, 0.4) is 0 Å². The molecule has 1 saturated heterocycles. The van der Waals surface area contributed by atoms with Gasteiger partial charge in [-0.05, 0) is 47.9 Å². The third-order valence-corrected chi connectivity index (χ3v) is 7.48. The van der Waals surface area contributed by atoms with Crippen LogP contribution in [0.25, 0.3) is 32.6 Å². The Balaban J connectivity index is 1.46. The smallest absolute Gasteiger partial charge is 0.0559 e. The second kappa shape index (κ2) is 8.25. The van der Waals surface area contributed by atoms with Crippen LogP contribution in [0.4, 0.5) is 17.1 Å². The highest BCUT2D eigenvalue weighted by Gasteiger charge is 2.34. The molecule has 1 fully saturated rings. The van der Waals surface area contributed by atoms with Crippen molar-refractivity contribution in [1.82, 2.24) is 4.57 Å². The molecule has 0 radical (unpaired) electrons. The number of hydrogen-bond donors (Lipinski definition) is 0. The fourth-order valence-electron chi connectivity index (χ4n) is 5.68. The maximum absolute atomic E-state index is 5.57. The number of para-hydroxylation sites is 2. The molecular weight excluding hydrogens is 440 g/mol. The summed E-state index contributed by atoms with van der Waals surface area (Å²) in [5, 5.41) is 5.06. The number of benzene rings is 5. The molecule has 0 bridgehead atoms. The highest BCUT2D eigenvalue weighted by Crippen LogP contribution is 2.42.